The van der Waals surface area contributed by atoms with Gasteiger partial charge in [-0.25, -0.2) is 4.39 Å². The second-order valence-electron chi connectivity index (χ2n) is 7.36. The molecule has 1 fully saturated rings. The molecule has 0 unspecified atom stereocenters. The first-order valence-corrected chi connectivity index (χ1v) is 7.72. The molecule has 0 saturated heterocycles. The number of carboxylic acid groups (broad SMARTS) is 1. The number of nitrogens with two attached hydrogens (primary N) is 1. The molecule has 4 N–H and O–H groups in total. The Morgan fingerprint density at radius 3 is 2.73 bits per heavy atom. The molecule has 4 nitrogen and oxygen atoms in total. The summed E-state index contributed by atoms with van der Waals surface area (Å²) in [6.45, 7) is 6.73. The number of carboxylic acids is 1. The zero-order valence-corrected chi connectivity index (χ0v) is 13.4. The van der Waals surface area contributed by atoms with E-state index in [1.165, 1.54) is 18.6 Å². The molecule has 1 aliphatic rings. The van der Waals surface area contributed by atoms with E-state index in [9.17, 15) is 9.18 Å². The third-order valence-electron chi connectivity index (χ3n) is 4.31. The second kappa shape index (κ2) is 6.15. The summed E-state index contributed by atoms with van der Waals surface area (Å²) >= 11 is 0. The van der Waals surface area contributed by atoms with Gasteiger partial charge in [-0.3, -0.25) is 4.79 Å². The summed E-state index contributed by atoms with van der Waals surface area (Å²) in [5, 5.41) is 12.1. The lowest BCUT2D eigenvalue weighted by atomic mass is 9.70. The summed E-state index contributed by atoms with van der Waals surface area (Å²) < 4.78 is 14.0. The molecule has 22 heavy (non-hydrogen) atoms. The molecule has 122 valence electrons. The molecule has 5 heteroatoms. The predicted molar refractivity (Wildman–Crippen MR) is 86.4 cm³/mol. The van der Waals surface area contributed by atoms with Gasteiger partial charge >= 0.3 is 5.97 Å². The maximum atomic E-state index is 14.0. The summed E-state index contributed by atoms with van der Waals surface area (Å²) in [4.78, 5) is 10.7. The quantitative estimate of drug-likeness (QED) is 0.742. The summed E-state index contributed by atoms with van der Waals surface area (Å²) in [6, 6.07) is 2.99. The van der Waals surface area contributed by atoms with Gasteiger partial charge in [0.15, 0.2) is 0 Å². The second-order valence-corrected chi connectivity index (χ2v) is 7.36. The Hall–Kier alpha value is -1.78. The third-order valence-corrected chi connectivity index (χ3v) is 4.31. The fraction of sp³-hybridized carbons (Fsp3) is 0.588. The van der Waals surface area contributed by atoms with Crippen LogP contribution < -0.4 is 11.1 Å². The number of aliphatic carboxylic acids is 1. The Balaban J connectivity index is 2.16. The average Bonchev–Trinajstić information content (AvgIpc) is 2.32. The van der Waals surface area contributed by atoms with Crippen molar-refractivity contribution in [1.82, 2.24) is 0 Å². The van der Waals surface area contributed by atoms with E-state index in [2.05, 4.69) is 26.1 Å². The lowest BCUT2D eigenvalue weighted by Crippen LogP contribution is -2.35. The zero-order chi connectivity index (χ0) is 16.5. The molecule has 2 atom stereocenters. The van der Waals surface area contributed by atoms with Crippen LogP contribution in [0.1, 0.15) is 45.6 Å². The highest BCUT2D eigenvalue weighted by Gasteiger charge is 2.32. The average molecular weight is 308 g/mol. The fourth-order valence-electron chi connectivity index (χ4n) is 3.74. The van der Waals surface area contributed by atoms with Crippen LogP contribution in [0.25, 0.3) is 0 Å². The highest BCUT2D eigenvalue weighted by atomic mass is 19.1. The number of halogens is 1. The summed E-state index contributed by atoms with van der Waals surface area (Å²) in [7, 11) is 0. The van der Waals surface area contributed by atoms with E-state index >= 15 is 0 Å². The van der Waals surface area contributed by atoms with Crippen molar-refractivity contribution in [2.24, 2.45) is 11.3 Å². The smallest absolute Gasteiger partial charge is 0.307 e. The van der Waals surface area contributed by atoms with E-state index < -0.39 is 11.8 Å². The normalized spacial score (nSPS) is 24.0. The van der Waals surface area contributed by atoms with E-state index in [0.717, 1.165) is 12.8 Å². The van der Waals surface area contributed by atoms with Gasteiger partial charge in [-0.2, -0.15) is 0 Å². The lowest BCUT2D eigenvalue weighted by Gasteiger charge is -2.39. The van der Waals surface area contributed by atoms with Crippen molar-refractivity contribution in [3.63, 3.8) is 0 Å². The molecular weight excluding hydrogens is 283 g/mol. The highest BCUT2D eigenvalue weighted by molar-refractivity contribution is 5.74. The molecular formula is C17H25FN2O2. The third kappa shape index (κ3) is 4.12. The molecule has 0 amide bonds. The van der Waals surface area contributed by atoms with Crippen LogP contribution in [0.3, 0.4) is 0 Å². The van der Waals surface area contributed by atoms with Crippen molar-refractivity contribution in [1.29, 1.82) is 0 Å². The molecule has 1 saturated carbocycles. The Morgan fingerprint density at radius 2 is 2.14 bits per heavy atom. The Kier molecular flexibility index (Phi) is 4.63. The number of nitrogens with one attached hydrogen (secondary N) is 1. The minimum Gasteiger partial charge on any atom is -0.481 e. The van der Waals surface area contributed by atoms with Gasteiger partial charge < -0.3 is 16.2 Å². The van der Waals surface area contributed by atoms with Gasteiger partial charge in [-0.05, 0) is 42.7 Å². The molecule has 0 heterocycles. The van der Waals surface area contributed by atoms with E-state index in [0.29, 0.717) is 17.3 Å². The molecule has 0 radical (unpaired) electrons. The van der Waals surface area contributed by atoms with Crippen LogP contribution in [0, 0.1) is 17.2 Å². The fourth-order valence-corrected chi connectivity index (χ4v) is 3.74. The van der Waals surface area contributed by atoms with E-state index in [1.807, 2.05) is 0 Å². The molecule has 1 aliphatic carbocycles. The van der Waals surface area contributed by atoms with Gasteiger partial charge in [0.2, 0.25) is 0 Å². The largest absolute Gasteiger partial charge is 0.481 e. The van der Waals surface area contributed by atoms with Gasteiger partial charge in [-0.1, -0.05) is 20.8 Å². The van der Waals surface area contributed by atoms with E-state index in [-0.39, 0.29) is 23.4 Å². The van der Waals surface area contributed by atoms with Crippen LogP contribution in [-0.4, -0.2) is 17.1 Å². The molecule has 0 aliphatic heterocycles. The van der Waals surface area contributed by atoms with Crippen LogP contribution in [0.5, 0.6) is 0 Å². The minimum atomic E-state index is -1.07. The SMILES string of the molecule is C[C@@H]1C[C@H](Nc2cc(F)c(CC(=O)O)cc2N)CC(C)(C)C1. The number of benzene rings is 1. The van der Waals surface area contributed by atoms with Crippen molar-refractivity contribution < 1.29 is 14.3 Å². The van der Waals surface area contributed by atoms with Crippen molar-refractivity contribution in [3.05, 3.63) is 23.5 Å². The van der Waals surface area contributed by atoms with Crippen LogP contribution in [-0.2, 0) is 11.2 Å². The predicted octanol–water partition coefficient (Wildman–Crippen LogP) is 3.66. The first-order valence-electron chi connectivity index (χ1n) is 7.72. The molecule has 0 bridgehead atoms. The first-order chi connectivity index (χ1) is 10.2. The van der Waals surface area contributed by atoms with Gasteiger partial charge in [0.1, 0.15) is 5.82 Å². The summed E-state index contributed by atoms with van der Waals surface area (Å²) in [5.41, 5.74) is 7.29. The van der Waals surface area contributed by atoms with Gasteiger partial charge in [-0.15, -0.1) is 0 Å². The van der Waals surface area contributed by atoms with Gasteiger partial charge in [0.25, 0.3) is 0 Å². The Bertz CT molecular complexity index is 572. The topological polar surface area (TPSA) is 75.3 Å². The van der Waals surface area contributed by atoms with Crippen molar-refractivity contribution >= 4 is 17.3 Å². The highest BCUT2D eigenvalue weighted by Crippen LogP contribution is 2.40. The van der Waals surface area contributed by atoms with Crippen molar-refractivity contribution in [2.45, 2.75) is 52.5 Å². The maximum absolute atomic E-state index is 14.0. The Labute approximate surface area is 130 Å². The number of rotatable bonds is 4. The standard InChI is InChI=1S/C17H25FN2O2/c1-10-4-12(9-17(2,3)8-10)20-15-7-13(18)11(5-14(15)19)6-16(21)22/h5,7,10,12,20H,4,6,8-9,19H2,1-3H3,(H,21,22)/t10-,12+/m1/s1. The van der Waals surface area contributed by atoms with Crippen LogP contribution in [0.2, 0.25) is 0 Å². The number of hydrogen-bond acceptors (Lipinski definition) is 3. The van der Waals surface area contributed by atoms with Crippen LogP contribution in [0.4, 0.5) is 15.8 Å². The van der Waals surface area contributed by atoms with E-state index in [1.54, 1.807) is 0 Å². The summed E-state index contributed by atoms with van der Waals surface area (Å²) in [6.07, 6.45) is 2.87. The minimum absolute atomic E-state index is 0.118. The zero-order valence-electron chi connectivity index (χ0n) is 13.4. The number of hydrogen-bond donors (Lipinski definition) is 3. The monoisotopic (exact) mass is 308 g/mol. The van der Waals surface area contributed by atoms with Gasteiger partial charge in [0, 0.05) is 11.6 Å². The number of anilines is 2. The summed E-state index contributed by atoms with van der Waals surface area (Å²) in [5.74, 6) is -0.984. The van der Waals surface area contributed by atoms with E-state index in [4.69, 9.17) is 10.8 Å². The number of nitrogen functional groups attached to an aromatic ring is 1. The van der Waals surface area contributed by atoms with Crippen LogP contribution in [0.15, 0.2) is 12.1 Å². The molecule has 1 aromatic rings. The lowest BCUT2D eigenvalue weighted by molar-refractivity contribution is -0.136. The molecule has 0 aromatic heterocycles. The molecule has 2 rings (SSSR count). The molecule has 1 aromatic carbocycles. The Morgan fingerprint density at radius 1 is 1.45 bits per heavy atom. The molecule has 0 spiro atoms. The van der Waals surface area contributed by atoms with Crippen molar-refractivity contribution in [3.8, 4) is 0 Å². The number of carbonyl (C=O) groups is 1. The van der Waals surface area contributed by atoms with Gasteiger partial charge in [0.05, 0.1) is 17.8 Å². The van der Waals surface area contributed by atoms with Crippen molar-refractivity contribution in [2.75, 3.05) is 11.1 Å². The first kappa shape index (κ1) is 16.6. The maximum Gasteiger partial charge on any atom is 0.307 e. The van der Waals surface area contributed by atoms with Crippen LogP contribution >= 0.6 is 0 Å².